The summed E-state index contributed by atoms with van der Waals surface area (Å²) in [6.45, 7) is 0. The van der Waals surface area contributed by atoms with Crippen LogP contribution in [0.15, 0.2) is 56.4 Å². The molecule has 16 heteroatoms. The Morgan fingerprint density at radius 1 is 0.750 bits per heavy atom. The molecular weight excluding hydrogens is 504 g/mol. The van der Waals surface area contributed by atoms with Crippen molar-refractivity contribution in [1.82, 2.24) is 0 Å². The summed E-state index contributed by atoms with van der Waals surface area (Å²) in [5.41, 5.74) is -0.545. The lowest BCUT2D eigenvalue weighted by atomic mass is 10.2. The number of nitrogens with one attached hydrogen (secondary N) is 2. The molecule has 172 valence electrons. The molecule has 2 rings (SSSR count). The van der Waals surface area contributed by atoms with E-state index in [9.17, 15) is 35.5 Å². The van der Waals surface area contributed by atoms with Gasteiger partial charge < -0.3 is 10.6 Å². The maximum Gasteiger partial charge on any atom is 0.296 e. The second kappa shape index (κ2) is 10.4. The summed E-state index contributed by atoms with van der Waals surface area (Å²) < 4.78 is 65.4. The van der Waals surface area contributed by atoms with Gasteiger partial charge in [0.2, 0.25) is 11.8 Å². The molecule has 0 unspecified atom stereocenters. The van der Waals surface area contributed by atoms with Gasteiger partial charge in [0.05, 0.1) is 34.3 Å². The van der Waals surface area contributed by atoms with E-state index in [1.54, 1.807) is 0 Å². The van der Waals surface area contributed by atoms with Crippen LogP contribution in [-0.4, -0.2) is 49.3 Å². The monoisotopic (exact) mass is 520 g/mol. The van der Waals surface area contributed by atoms with Gasteiger partial charge in [0.1, 0.15) is 9.79 Å². The molecule has 0 spiro atoms. The van der Waals surface area contributed by atoms with E-state index in [2.05, 4.69) is 46.1 Å². The van der Waals surface area contributed by atoms with E-state index in [1.807, 2.05) is 0 Å². The van der Waals surface area contributed by atoms with E-state index in [4.69, 9.17) is 0 Å². The van der Waals surface area contributed by atoms with E-state index >= 15 is 0 Å². The molecule has 0 bridgehead atoms. The van der Waals surface area contributed by atoms with Crippen molar-refractivity contribution in [3.05, 3.63) is 36.4 Å². The lowest BCUT2D eigenvalue weighted by molar-refractivity contribution is -0.114. The normalized spacial score (nSPS) is 12.0. The van der Waals surface area contributed by atoms with Crippen molar-refractivity contribution in [2.75, 3.05) is 22.1 Å². The van der Waals surface area contributed by atoms with Gasteiger partial charge in [-0.1, -0.05) is 0 Å². The van der Waals surface area contributed by atoms with Crippen LogP contribution in [0.25, 0.3) is 0 Å². The largest absolute Gasteiger partial charge is 0.324 e. The van der Waals surface area contributed by atoms with Crippen LogP contribution in [0.2, 0.25) is 0 Å². The number of anilines is 2. The standard InChI is InChI=1S/C16H16N4O8S4/c21-15(7-29)17-11-3-1-9(5-13(11)31(23,24)25)19-20-10-2-4-12(18-16(22)8-30)14(6-10)32(26,27)28/h1-6,29-30H,7-8H2,(H,17,21)(H,18,22)(H,23,24,25)(H,26,27,28). The molecule has 4 N–H and O–H groups in total. The molecule has 0 saturated carbocycles. The Labute approximate surface area is 193 Å². The Kier molecular flexibility index (Phi) is 8.38. The molecule has 0 aliphatic carbocycles. The number of azo groups is 1. The number of thiol groups is 2. The SMILES string of the molecule is O=C(CS)Nc1ccc(N=Nc2ccc(NC(=O)CS)c(S(=O)(=O)O)c2)cc1S(=O)(=O)O. The zero-order chi connectivity index (χ0) is 24.1. The third-order valence-corrected chi connectivity index (χ3v) is 5.96. The average Bonchev–Trinajstić information content (AvgIpc) is 2.71. The molecule has 0 fully saturated rings. The van der Waals surface area contributed by atoms with Gasteiger partial charge >= 0.3 is 0 Å². The highest BCUT2D eigenvalue weighted by Crippen LogP contribution is 2.30. The molecule has 0 atom stereocenters. The quantitative estimate of drug-likeness (QED) is 0.173. The molecular formula is C16H16N4O8S4. The molecule has 2 aromatic carbocycles. The van der Waals surface area contributed by atoms with Crippen molar-refractivity contribution in [1.29, 1.82) is 0 Å². The van der Waals surface area contributed by atoms with E-state index in [0.717, 1.165) is 12.1 Å². The van der Waals surface area contributed by atoms with Gasteiger partial charge in [0.15, 0.2) is 0 Å². The predicted octanol–water partition coefficient (Wildman–Crippen LogP) is 2.33. The third kappa shape index (κ3) is 7.01. The average molecular weight is 521 g/mol. The van der Waals surface area contributed by atoms with Gasteiger partial charge in [-0.3, -0.25) is 18.7 Å². The Balaban J connectivity index is 2.44. The van der Waals surface area contributed by atoms with Crippen LogP contribution in [0, 0.1) is 0 Å². The second-order valence-electron chi connectivity index (χ2n) is 5.92. The summed E-state index contributed by atoms with van der Waals surface area (Å²) in [6, 6.07) is 6.74. The van der Waals surface area contributed by atoms with Gasteiger partial charge in [-0.2, -0.15) is 52.3 Å². The minimum Gasteiger partial charge on any atom is -0.324 e. The fourth-order valence-corrected chi connectivity index (χ4v) is 3.77. The first-order valence-corrected chi connectivity index (χ1v) is 12.5. The highest BCUT2D eigenvalue weighted by Gasteiger charge is 2.19. The lowest BCUT2D eigenvalue weighted by Crippen LogP contribution is -2.15. The van der Waals surface area contributed by atoms with Crippen molar-refractivity contribution >= 4 is 80.1 Å². The van der Waals surface area contributed by atoms with Gasteiger partial charge in [-0.05, 0) is 36.4 Å². The maximum atomic E-state index is 11.6. The Morgan fingerprint density at radius 2 is 1.09 bits per heavy atom. The second-order valence-corrected chi connectivity index (χ2v) is 9.34. The predicted molar refractivity (Wildman–Crippen MR) is 122 cm³/mol. The molecule has 0 aromatic heterocycles. The van der Waals surface area contributed by atoms with Crippen LogP contribution in [-0.2, 0) is 29.8 Å². The molecule has 0 saturated heterocycles. The summed E-state index contributed by atoms with van der Waals surface area (Å²) >= 11 is 7.52. The summed E-state index contributed by atoms with van der Waals surface area (Å²) in [7, 11) is -9.48. The van der Waals surface area contributed by atoms with E-state index in [1.165, 1.54) is 24.3 Å². The van der Waals surface area contributed by atoms with Crippen LogP contribution in [0.4, 0.5) is 22.7 Å². The third-order valence-electron chi connectivity index (χ3n) is 3.60. The molecule has 0 aliphatic heterocycles. The van der Waals surface area contributed by atoms with Gasteiger partial charge in [0, 0.05) is 0 Å². The first-order valence-electron chi connectivity index (χ1n) is 8.31. The van der Waals surface area contributed by atoms with Crippen molar-refractivity contribution in [2.24, 2.45) is 10.2 Å². The van der Waals surface area contributed by atoms with Crippen LogP contribution in [0.1, 0.15) is 0 Å². The first kappa shape index (κ1) is 25.8. The molecule has 0 heterocycles. The molecule has 32 heavy (non-hydrogen) atoms. The first-order chi connectivity index (χ1) is 14.8. The number of benzene rings is 2. The highest BCUT2D eigenvalue weighted by molar-refractivity contribution is 7.86. The van der Waals surface area contributed by atoms with Gasteiger partial charge in [-0.15, -0.1) is 0 Å². The van der Waals surface area contributed by atoms with Crippen LogP contribution < -0.4 is 10.6 Å². The number of hydrogen-bond acceptors (Lipinski definition) is 10. The van der Waals surface area contributed by atoms with Crippen molar-refractivity contribution < 1.29 is 35.5 Å². The number of carbonyl (C=O) groups excluding carboxylic acids is 2. The van der Waals surface area contributed by atoms with Crippen LogP contribution in [0.3, 0.4) is 0 Å². The van der Waals surface area contributed by atoms with Crippen molar-refractivity contribution in [3.63, 3.8) is 0 Å². The maximum absolute atomic E-state index is 11.6. The van der Waals surface area contributed by atoms with Crippen molar-refractivity contribution in [3.8, 4) is 0 Å². The minimum absolute atomic E-state index is 0.0673. The number of amides is 2. The topological polar surface area (TPSA) is 192 Å². The zero-order valence-electron chi connectivity index (χ0n) is 15.8. The van der Waals surface area contributed by atoms with Crippen LogP contribution >= 0.6 is 25.3 Å². The van der Waals surface area contributed by atoms with Gasteiger partial charge in [-0.25, -0.2) is 0 Å². The van der Waals surface area contributed by atoms with E-state index in [-0.39, 0.29) is 34.3 Å². The van der Waals surface area contributed by atoms with E-state index < -0.39 is 41.8 Å². The number of hydrogen-bond donors (Lipinski definition) is 6. The minimum atomic E-state index is -4.74. The highest BCUT2D eigenvalue weighted by atomic mass is 32.2. The fourth-order valence-electron chi connectivity index (χ4n) is 2.27. The lowest BCUT2D eigenvalue weighted by Gasteiger charge is -2.09. The molecule has 0 aliphatic rings. The number of carbonyl (C=O) groups is 2. The Morgan fingerprint density at radius 3 is 1.38 bits per heavy atom. The molecule has 0 radical (unpaired) electrons. The molecule has 12 nitrogen and oxygen atoms in total. The zero-order valence-corrected chi connectivity index (χ0v) is 19.2. The summed E-state index contributed by atoms with van der Waals surface area (Å²) in [6.07, 6.45) is 0. The summed E-state index contributed by atoms with van der Waals surface area (Å²) in [4.78, 5) is 21.7. The molecule has 2 aromatic rings. The molecule has 2 amide bonds. The van der Waals surface area contributed by atoms with Crippen molar-refractivity contribution in [2.45, 2.75) is 9.79 Å². The Bertz CT molecular complexity index is 1190. The summed E-state index contributed by atoms with van der Waals surface area (Å²) in [5.74, 6) is -1.69. The van der Waals surface area contributed by atoms with E-state index in [0.29, 0.717) is 0 Å². The fraction of sp³-hybridized carbons (Fsp3) is 0.125. The Hall–Kier alpha value is -2.50. The number of rotatable bonds is 8. The van der Waals surface area contributed by atoms with Crippen LogP contribution in [0.5, 0.6) is 0 Å². The smallest absolute Gasteiger partial charge is 0.296 e. The summed E-state index contributed by atoms with van der Waals surface area (Å²) in [5, 5.41) is 12.0. The van der Waals surface area contributed by atoms with Gasteiger partial charge in [0.25, 0.3) is 20.2 Å². The number of nitrogens with zero attached hydrogens (tertiary/aromatic N) is 2.